The van der Waals surface area contributed by atoms with Crippen LogP contribution in [0.4, 0.5) is 0 Å². The average Bonchev–Trinajstić information content (AvgIpc) is 2.53. The smallest absolute Gasteiger partial charge is 0.143 e. The Hall–Kier alpha value is -0.710. The van der Waals surface area contributed by atoms with Gasteiger partial charge in [0.1, 0.15) is 5.75 Å². The second kappa shape index (κ2) is 4.52. The lowest BCUT2D eigenvalue weighted by molar-refractivity contribution is 0.417. The van der Waals surface area contributed by atoms with E-state index in [1.165, 1.54) is 0 Å². The van der Waals surface area contributed by atoms with Gasteiger partial charge in [-0.05, 0) is 35.0 Å². The van der Waals surface area contributed by atoms with Crippen LogP contribution in [0.5, 0.6) is 5.75 Å². The maximum Gasteiger partial charge on any atom is 0.143 e. The van der Waals surface area contributed by atoms with Crippen LogP contribution >= 0.6 is 27.5 Å². The van der Waals surface area contributed by atoms with Crippen LogP contribution in [0.15, 0.2) is 16.6 Å². The summed E-state index contributed by atoms with van der Waals surface area (Å²) >= 11 is 9.82. The van der Waals surface area contributed by atoms with Gasteiger partial charge >= 0.3 is 0 Å². The summed E-state index contributed by atoms with van der Waals surface area (Å²) in [6.07, 6.45) is 0. The number of methoxy groups -OCH3 is 1. The normalized spacial score (nSPS) is 13.1. The molecule has 0 radical (unpaired) electrons. The van der Waals surface area contributed by atoms with Gasteiger partial charge in [0.05, 0.1) is 17.6 Å². The van der Waals surface area contributed by atoms with Gasteiger partial charge in [0.25, 0.3) is 0 Å². The third kappa shape index (κ3) is 1.84. The van der Waals surface area contributed by atoms with Crippen LogP contribution in [0.3, 0.4) is 0 Å². The van der Waals surface area contributed by atoms with E-state index in [1.54, 1.807) is 7.11 Å². The molecule has 0 amide bonds. The molecule has 0 saturated carbocycles. The first-order valence-corrected chi connectivity index (χ1v) is 6.42. The Morgan fingerprint density at radius 1 is 1.47 bits per heavy atom. The molecule has 0 aliphatic heterocycles. The first-order valence-electron chi connectivity index (χ1n) is 5.24. The molecule has 2 N–H and O–H groups in total. The molecule has 0 spiro atoms. The Bertz CT molecular complexity index is 578. The van der Waals surface area contributed by atoms with Gasteiger partial charge in [0.15, 0.2) is 0 Å². The van der Waals surface area contributed by atoms with E-state index in [4.69, 9.17) is 22.1 Å². The molecule has 0 bridgehead atoms. The van der Waals surface area contributed by atoms with E-state index in [-0.39, 0.29) is 6.04 Å². The van der Waals surface area contributed by atoms with E-state index in [9.17, 15) is 0 Å². The summed E-state index contributed by atoms with van der Waals surface area (Å²) in [5.41, 5.74) is 7.95. The van der Waals surface area contributed by atoms with Crippen molar-refractivity contribution in [1.82, 2.24) is 4.57 Å². The Kier molecular flexibility index (Phi) is 3.39. The van der Waals surface area contributed by atoms with Crippen molar-refractivity contribution in [2.45, 2.75) is 13.0 Å². The molecular formula is C12H14BrClN2O. The molecule has 3 nitrogen and oxygen atoms in total. The van der Waals surface area contributed by atoms with Crippen molar-refractivity contribution in [3.05, 3.63) is 27.3 Å². The van der Waals surface area contributed by atoms with Crippen LogP contribution in [-0.4, -0.2) is 11.7 Å². The third-order valence-electron chi connectivity index (χ3n) is 2.88. The predicted octanol–water partition coefficient (Wildman–Crippen LogP) is 3.62. The van der Waals surface area contributed by atoms with Crippen LogP contribution in [0.1, 0.15) is 18.7 Å². The van der Waals surface area contributed by atoms with E-state index in [0.717, 1.165) is 26.8 Å². The molecule has 1 aromatic heterocycles. The molecular weight excluding hydrogens is 304 g/mol. The molecule has 1 aromatic carbocycles. The number of rotatable bonds is 2. The number of halogens is 2. The van der Waals surface area contributed by atoms with Crippen LogP contribution in [0.25, 0.3) is 10.9 Å². The van der Waals surface area contributed by atoms with Gasteiger partial charge in [-0.25, -0.2) is 0 Å². The van der Waals surface area contributed by atoms with Gasteiger partial charge in [0, 0.05) is 28.6 Å². The van der Waals surface area contributed by atoms with E-state index in [1.807, 2.05) is 30.7 Å². The lowest BCUT2D eigenvalue weighted by atomic mass is 10.2. The number of aromatic nitrogens is 1. The highest BCUT2D eigenvalue weighted by Gasteiger charge is 2.20. The zero-order chi connectivity index (χ0) is 12.7. The number of nitrogens with zero attached hydrogens (tertiary/aromatic N) is 1. The van der Waals surface area contributed by atoms with Crippen LogP contribution < -0.4 is 10.5 Å². The number of hydrogen-bond donors (Lipinski definition) is 1. The highest BCUT2D eigenvalue weighted by atomic mass is 79.9. The minimum atomic E-state index is -0.0810. The largest absolute Gasteiger partial charge is 0.495 e. The fraction of sp³-hybridized carbons (Fsp3) is 0.333. The first-order chi connectivity index (χ1) is 7.99. The van der Waals surface area contributed by atoms with E-state index < -0.39 is 0 Å². The van der Waals surface area contributed by atoms with Gasteiger partial charge in [-0.2, -0.15) is 0 Å². The molecule has 2 rings (SSSR count). The van der Waals surface area contributed by atoms with E-state index in [0.29, 0.717) is 5.02 Å². The Balaban J connectivity index is 2.95. The summed E-state index contributed by atoms with van der Waals surface area (Å²) in [6.45, 7) is 1.94. The number of fused-ring (bicyclic) bond motifs is 1. The fourth-order valence-electron chi connectivity index (χ4n) is 2.16. The maximum absolute atomic E-state index is 6.24. The minimum Gasteiger partial charge on any atom is -0.495 e. The van der Waals surface area contributed by atoms with Gasteiger partial charge in [-0.1, -0.05) is 11.6 Å². The van der Waals surface area contributed by atoms with Gasteiger partial charge in [-0.15, -0.1) is 0 Å². The van der Waals surface area contributed by atoms with Crippen molar-refractivity contribution < 1.29 is 4.74 Å². The lowest BCUT2D eigenvalue weighted by Gasteiger charge is -2.09. The first kappa shape index (κ1) is 12.7. The molecule has 0 aliphatic rings. The Morgan fingerprint density at radius 3 is 2.65 bits per heavy atom. The molecule has 1 heterocycles. The summed E-state index contributed by atoms with van der Waals surface area (Å²) in [5.74, 6) is 0.791. The van der Waals surface area contributed by atoms with Crippen molar-refractivity contribution in [2.24, 2.45) is 12.8 Å². The second-order valence-electron chi connectivity index (χ2n) is 4.02. The highest BCUT2D eigenvalue weighted by Crippen LogP contribution is 2.41. The summed E-state index contributed by atoms with van der Waals surface area (Å²) in [7, 11) is 3.61. The Labute approximate surface area is 114 Å². The molecule has 5 heteroatoms. The van der Waals surface area contributed by atoms with E-state index in [2.05, 4.69) is 15.9 Å². The van der Waals surface area contributed by atoms with Crippen LogP contribution in [0.2, 0.25) is 5.02 Å². The molecule has 0 fully saturated rings. The van der Waals surface area contributed by atoms with Crippen molar-refractivity contribution in [2.75, 3.05) is 7.11 Å². The standard InChI is InChI=1S/C12H14BrClN2O/c1-6(15)11-10(13)9-7(14)4-5-8(17-3)12(9)16(11)2/h4-6H,15H2,1-3H3. The summed E-state index contributed by atoms with van der Waals surface area (Å²) < 4.78 is 8.33. The number of benzene rings is 1. The molecule has 2 aromatic rings. The van der Waals surface area contributed by atoms with Gasteiger partial charge in [-0.3, -0.25) is 0 Å². The number of hydrogen-bond acceptors (Lipinski definition) is 2. The summed E-state index contributed by atoms with van der Waals surface area (Å²) in [4.78, 5) is 0. The van der Waals surface area contributed by atoms with Crippen LogP contribution in [0, 0.1) is 0 Å². The molecule has 1 atom stereocenters. The minimum absolute atomic E-state index is 0.0810. The summed E-state index contributed by atoms with van der Waals surface area (Å²) in [5, 5.41) is 1.64. The second-order valence-corrected chi connectivity index (χ2v) is 5.22. The topological polar surface area (TPSA) is 40.2 Å². The number of nitrogens with two attached hydrogens (primary N) is 1. The zero-order valence-electron chi connectivity index (χ0n) is 9.92. The maximum atomic E-state index is 6.24. The number of ether oxygens (including phenoxy) is 1. The highest BCUT2D eigenvalue weighted by molar-refractivity contribution is 9.10. The average molecular weight is 318 g/mol. The third-order valence-corrected chi connectivity index (χ3v) is 4.00. The molecule has 0 saturated heterocycles. The van der Waals surface area contributed by atoms with Crippen molar-refractivity contribution in [1.29, 1.82) is 0 Å². The van der Waals surface area contributed by atoms with Gasteiger partial charge < -0.3 is 15.0 Å². The fourth-order valence-corrected chi connectivity index (χ4v) is 3.54. The molecule has 17 heavy (non-hydrogen) atoms. The zero-order valence-corrected chi connectivity index (χ0v) is 12.3. The predicted molar refractivity (Wildman–Crippen MR) is 74.8 cm³/mol. The van der Waals surface area contributed by atoms with Crippen molar-refractivity contribution in [3.8, 4) is 5.75 Å². The van der Waals surface area contributed by atoms with Crippen molar-refractivity contribution in [3.63, 3.8) is 0 Å². The van der Waals surface area contributed by atoms with Crippen molar-refractivity contribution >= 4 is 38.4 Å². The molecule has 1 unspecified atom stereocenters. The lowest BCUT2D eigenvalue weighted by Crippen LogP contribution is -2.10. The quantitative estimate of drug-likeness (QED) is 0.919. The number of aryl methyl sites for hydroxylation is 1. The monoisotopic (exact) mass is 316 g/mol. The Morgan fingerprint density at radius 2 is 2.12 bits per heavy atom. The summed E-state index contributed by atoms with van der Waals surface area (Å²) in [6, 6.07) is 3.61. The van der Waals surface area contributed by atoms with Gasteiger partial charge in [0.2, 0.25) is 0 Å². The van der Waals surface area contributed by atoms with Crippen LogP contribution in [-0.2, 0) is 7.05 Å². The van der Waals surface area contributed by atoms with E-state index >= 15 is 0 Å². The SMILES string of the molecule is COc1ccc(Cl)c2c(Br)c(C(C)N)n(C)c12. The molecule has 0 aliphatic carbocycles. The molecule has 92 valence electrons.